The zero-order chi connectivity index (χ0) is 37.4. The van der Waals surface area contributed by atoms with Gasteiger partial charge in [-0.05, 0) is 36.4 Å². The topological polar surface area (TPSA) is 183 Å². The van der Waals surface area contributed by atoms with Crippen molar-refractivity contribution in [3.05, 3.63) is 78.1 Å². The number of imidazole rings is 2. The zero-order valence-electron chi connectivity index (χ0n) is 28.1. The molecular weight excluding hydrogens is 851 g/mol. The number of phenols is 2. The molecule has 0 atom stereocenters. The predicted molar refractivity (Wildman–Crippen MR) is 202 cm³/mol. The molecule has 50 heavy (non-hydrogen) atoms. The summed E-state index contributed by atoms with van der Waals surface area (Å²) >= 11 is 9.31. The number of ether oxygens (including phenoxy) is 2. The first-order valence-corrected chi connectivity index (χ1v) is 17.1. The SMILES string of the molecule is BrB(Br)Br.COc1ccc(-c2nc3c(c(=O)n(C)c(=O)n3C)n2C)cc1OC.Cn1c(=O)c2c(nc(-c3ccc(O)c(O)c3)n2C)n(C)c1=O. The molecule has 0 aliphatic heterocycles. The second kappa shape index (κ2) is 15.1. The van der Waals surface area contributed by atoms with Crippen molar-refractivity contribution >= 4 is 72.8 Å². The van der Waals surface area contributed by atoms with Gasteiger partial charge < -0.3 is 28.8 Å². The van der Waals surface area contributed by atoms with E-state index >= 15 is 0 Å². The van der Waals surface area contributed by atoms with Crippen molar-refractivity contribution in [1.82, 2.24) is 37.4 Å². The molecular formula is C30H32BBr3N8O8. The molecule has 4 heterocycles. The predicted octanol–water partition coefficient (Wildman–Crippen LogP) is 2.86. The number of rotatable bonds is 4. The van der Waals surface area contributed by atoms with Gasteiger partial charge in [0, 0.05) is 53.4 Å². The smallest absolute Gasteiger partial charge is 0.369 e. The van der Waals surface area contributed by atoms with Crippen LogP contribution in [0.2, 0.25) is 0 Å². The van der Waals surface area contributed by atoms with Gasteiger partial charge in [-0.25, -0.2) is 19.6 Å². The number of hydrogen-bond donors (Lipinski definition) is 2. The third kappa shape index (κ3) is 7.04. The molecule has 0 radical (unpaired) electrons. The van der Waals surface area contributed by atoms with E-state index in [1.165, 1.54) is 42.4 Å². The largest absolute Gasteiger partial charge is 0.504 e. The average molecular weight is 883 g/mol. The van der Waals surface area contributed by atoms with Gasteiger partial charge in [-0.1, -0.05) is 0 Å². The fourth-order valence-electron chi connectivity index (χ4n) is 5.19. The van der Waals surface area contributed by atoms with Gasteiger partial charge in [-0.3, -0.25) is 27.9 Å². The van der Waals surface area contributed by atoms with E-state index in [0.717, 1.165) is 14.7 Å². The van der Waals surface area contributed by atoms with Crippen LogP contribution >= 0.6 is 47.3 Å². The Hall–Kier alpha value is -4.56. The van der Waals surface area contributed by atoms with Gasteiger partial charge >= 0.3 is 14.6 Å². The van der Waals surface area contributed by atoms with Crippen LogP contribution in [0.15, 0.2) is 55.6 Å². The molecule has 0 amide bonds. The van der Waals surface area contributed by atoms with Crippen molar-refractivity contribution in [2.45, 2.75) is 0 Å². The number of halogens is 3. The van der Waals surface area contributed by atoms with Crippen LogP contribution in [0.4, 0.5) is 0 Å². The first-order chi connectivity index (χ1) is 23.5. The Morgan fingerprint density at radius 2 is 0.980 bits per heavy atom. The third-order valence-electron chi connectivity index (χ3n) is 7.83. The van der Waals surface area contributed by atoms with Crippen LogP contribution in [0.5, 0.6) is 23.0 Å². The van der Waals surface area contributed by atoms with Crippen molar-refractivity contribution in [1.29, 1.82) is 0 Å². The fraction of sp³-hybridized carbons (Fsp3) is 0.267. The molecule has 0 aliphatic carbocycles. The Bertz CT molecular complexity index is 2500. The quantitative estimate of drug-likeness (QED) is 0.197. The standard InChI is InChI=1S/C16H18N4O4.C14H14N4O4.BBr3/c1-18-12-14(19(2)16(22)20(3)15(12)21)17-13(18)9-6-7-10(23-4)11(8-9)24-5;1-16-10-12(17(2)14(22)18(3)13(10)21)15-11(16)7-4-5-8(19)9(20)6-7;2-1(3)4/h6-8H,1-5H3;4-6,19-20H,1-3H3;. The fourth-order valence-corrected chi connectivity index (χ4v) is 5.19. The van der Waals surface area contributed by atoms with Gasteiger partial charge in [-0.15, -0.1) is 47.3 Å². The number of fused-ring (bicyclic) bond motifs is 2. The molecule has 0 unspecified atom stereocenters. The summed E-state index contributed by atoms with van der Waals surface area (Å²) < 4.78 is 18.8. The summed E-state index contributed by atoms with van der Waals surface area (Å²) in [5.41, 5.74) is 0.826. The van der Waals surface area contributed by atoms with Crippen molar-refractivity contribution in [3.8, 4) is 45.8 Å². The van der Waals surface area contributed by atoms with Crippen molar-refractivity contribution in [2.75, 3.05) is 14.2 Å². The highest BCUT2D eigenvalue weighted by atomic mass is 79.9. The van der Waals surface area contributed by atoms with Gasteiger partial charge in [0.15, 0.2) is 45.3 Å². The molecule has 6 aromatic rings. The van der Waals surface area contributed by atoms with Gasteiger partial charge in [-0.2, -0.15) is 0 Å². The lowest BCUT2D eigenvalue weighted by molar-refractivity contribution is 0.355. The Morgan fingerprint density at radius 3 is 1.38 bits per heavy atom. The molecule has 264 valence electrons. The lowest BCUT2D eigenvalue weighted by Crippen LogP contribution is -2.37. The second-order valence-electron chi connectivity index (χ2n) is 10.8. The summed E-state index contributed by atoms with van der Waals surface area (Å²) in [4.78, 5) is 57.6. The Balaban J connectivity index is 0.000000204. The van der Waals surface area contributed by atoms with E-state index in [2.05, 4.69) is 57.2 Å². The molecule has 0 aliphatic rings. The maximum atomic E-state index is 12.4. The number of aromatic hydroxyl groups is 2. The Morgan fingerprint density at radius 1 is 0.580 bits per heavy atom. The van der Waals surface area contributed by atoms with Gasteiger partial charge in [0.2, 0.25) is 0 Å². The van der Waals surface area contributed by atoms with E-state index in [1.54, 1.807) is 62.7 Å². The monoisotopic (exact) mass is 880 g/mol. The molecule has 4 aromatic heterocycles. The van der Waals surface area contributed by atoms with Gasteiger partial charge in [0.05, 0.1) is 14.2 Å². The van der Waals surface area contributed by atoms with E-state index in [-0.39, 0.29) is 31.4 Å². The van der Waals surface area contributed by atoms with Crippen molar-refractivity contribution in [3.63, 3.8) is 0 Å². The van der Waals surface area contributed by atoms with Crippen LogP contribution in [-0.2, 0) is 42.3 Å². The summed E-state index contributed by atoms with van der Waals surface area (Å²) in [5, 5.41) is 19.0. The maximum absolute atomic E-state index is 12.4. The summed E-state index contributed by atoms with van der Waals surface area (Å²) in [5.74, 6) is 1.59. The first kappa shape index (κ1) is 38.3. The summed E-state index contributed by atoms with van der Waals surface area (Å²) in [6, 6.07) is 9.62. The molecule has 2 aromatic carbocycles. The number of aryl methyl sites for hydroxylation is 4. The number of phenolic OH excluding ortho intramolecular Hbond substituents is 2. The zero-order valence-corrected chi connectivity index (χ0v) is 32.9. The first-order valence-electron chi connectivity index (χ1n) is 14.4. The highest BCUT2D eigenvalue weighted by molar-refractivity contribution is 9.69. The highest BCUT2D eigenvalue weighted by Gasteiger charge is 2.20. The van der Waals surface area contributed by atoms with E-state index in [0.29, 0.717) is 39.9 Å². The minimum Gasteiger partial charge on any atom is -0.504 e. The van der Waals surface area contributed by atoms with Crippen LogP contribution in [0.25, 0.3) is 45.1 Å². The van der Waals surface area contributed by atoms with Gasteiger partial charge in [0.25, 0.3) is 11.1 Å². The van der Waals surface area contributed by atoms with Crippen LogP contribution in [0.1, 0.15) is 0 Å². The molecule has 16 nitrogen and oxygen atoms in total. The second-order valence-corrected chi connectivity index (χ2v) is 17.2. The normalized spacial score (nSPS) is 10.8. The molecule has 0 fully saturated rings. The third-order valence-corrected chi connectivity index (χ3v) is 7.83. The van der Waals surface area contributed by atoms with Crippen molar-refractivity contribution < 1.29 is 19.7 Å². The van der Waals surface area contributed by atoms with Crippen molar-refractivity contribution in [2.24, 2.45) is 42.3 Å². The van der Waals surface area contributed by atoms with E-state index in [1.807, 2.05) is 6.07 Å². The number of nitrogens with zero attached hydrogens (tertiary/aromatic N) is 8. The average Bonchev–Trinajstić information content (AvgIpc) is 3.62. The molecule has 0 spiro atoms. The lowest BCUT2D eigenvalue weighted by Gasteiger charge is -2.09. The number of benzene rings is 2. The van der Waals surface area contributed by atoms with Crippen LogP contribution in [0, 0.1) is 0 Å². The summed E-state index contributed by atoms with van der Waals surface area (Å²) in [6.07, 6.45) is 0. The van der Waals surface area contributed by atoms with Crippen LogP contribution in [-0.4, -0.2) is 65.0 Å². The van der Waals surface area contributed by atoms with E-state index in [9.17, 15) is 29.4 Å². The number of methoxy groups -OCH3 is 2. The molecule has 6 rings (SSSR count). The lowest BCUT2D eigenvalue weighted by atomic mass is 10.2. The molecule has 0 saturated heterocycles. The van der Waals surface area contributed by atoms with E-state index in [4.69, 9.17) is 9.47 Å². The van der Waals surface area contributed by atoms with Crippen LogP contribution in [0.3, 0.4) is 0 Å². The molecule has 0 bridgehead atoms. The van der Waals surface area contributed by atoms with Crippen LogP contribution < -0.4 is 32.0 Å². The Kier molecular flexibility index (Phi) is 11.6. The molecule has 2 N–H and O–H groups in total. The maximum Gasteiger partial charge on any atom is 0.369 e. The number of hydrogen-bond acceptors (Lipinski definition) is 10. The molecule has 0 saturated carbocycles. The minimum absolute atomic E-state index is 0.245. The van der Waals surface area contributed by atoms with Gasteiger partial charge in [0.1, 0.15) is 11.6 Å². The highest BCUT2D eigenvalue weighted by Crippen LogP contribution is 2.33. The summed E-state index contributed by atoms with van der Waals surface area (Å²) in [7, 11) is 12.5. The Labute approximate surface area is 308 Å². The molecule has 20 heteroatoms. The van der Waals surface area contributed by atoms with E-state index < -0.39 is 16.9 Å². The number of aromatic nitrogens is 8. The minimum atomic E-state index is -0.462. The summed E-state index contributed by atoms with van der Waals surface area (Å²) in [6.45, 7) is 0.